The number of H-pyrrole nitrogens is 1. The lowest BCUT2D eigenvalue weighted by Crippen LogP contribution is -2.16. The van der Waals surface area contributed by atoms with E-state index in [4.69, 9.17) is 4.98 Å². The Morgan fingerprint density at radius 3 is 2.75 bits per heavy atom. The third kappa shape index (κ3) is 2.66. The van der Waals surface area contributed by atoms with Gasteiger partial charge in [0.05, 0.1) is 17.9 Å². The van der Waals surface area contributed by atoms with Gasteiger partial charge in [-0.1, -0.05) is 25.1 Å². The Labute approximate surface area is 160 Å². The molecule has 0 aliphatic rings. The first-order valence-corrected chi connectivity index (χ1v) is 9.14. The summed E-state index contributed by atoms with van der Waals surface area (Å²) >= 11 is 0. The number of imidazole rings is 2. The second kappa shape index (κ2) is 6.73. The zero-order valence-corrected chi connectivity index (χ0v) is 15.2. The Morgan fingerprint density at radius 2 is 1.89 bits per heavy atom. The van der Waals surface area contributed by atoms with Gasteiger partial charge < -0.3 is 10.3 Å². The summed E-state index contributed by atoms with van der Waals surface area (Å²) in [4.78, 5) is 25.2. The van der Waals surface area contributed by atoms with Gasteiger partial charge in [-0.25, -0.2) is 24.9 Å². The summed E-state index contributed by atoms with van der Waals surface area (Å²) in [6.45, 7) is 2.12. The molecule has 0 saturated carbocycles. The number of hydrogen-bond acceptors (Lipinski definition) is 6. The van der Waals surface area contributed by atoms with E-state index in [2.05, 4.69) is 53.9 Å². The van der Waals surface area contributed by atoms with E-state index in [1.807, 2.05) is 30.3 Å². The molecule has 0 fully saturated rings. The number of hydrogen-bond donors (Lipinski definition) is 2. The molecule has 0 spiro atoms. The number of fused-ring (bicyclic) bond motifs is 2. The van der Waals surface area contributed by atoms with Crippen molar-refractivity contribution in [1.82, 2.24) is 34.5 Å². The summed E-state index contributed by atoms with van der Waals surface area (Å²) in [5.41, 5.74) is 4.14. The summed E-state index contributed by atoms with van der Waals surface area (Å²) in [5.74, 6) is 1.59. The molecule has 4 aromatic heterocycles. The van der Waals surface area contributed by atoms with Crippen LogP contribution in [-0.4, -0.2) is 34.5 Å². The molecule has 0 amide bonds. The molecule has 0 saturated heterocycles. The summed E-state index contributed by atoms with van der Waals surface area (Å²) in [7, 11) is 0. The third-order valence-corrected chi connectivity index (χ3v) is 4.72. The van der Waals surface area contributed by atoms with E-state index in [0.29, 0.717) is 11.5 Å². The Hall–Kier alpha value is -3.81. The highest BCUT2D eigenvalue weighted by atomic mass is 15.2. The Bertz CT molecular complexity index is 1240. The van der Waals surface area contributed by atoms with E-state index in [1.165, 1.54) is 6.33 Å². The summed E-state index contributed by atoms with van der Waals surface area (Å²) < 4.78 is 2.15. The molecule has 8 nitrogen and oxygen atoms in total. The van der Waals surface area contributed by atoms with Crippen molar-refractivity contribution in [1.29, 1.82) is 0 Å². The van der Waals surface area contributed by atoms with Crippen LogP contribution in [0.4, 0.5) is 5.82 Å². The fourth-order valence-electron chi connectivity index (χ4n) is 3.40. The molecule has 2 N–H and O–H groups in total. The number of para-hydroxylation sites is 1. The van der Waals surface area contributed by atoms with Crippen molar-refractivity contribution in [2.75, 3.05) is 5.32 Å². The van der Waals surface area contributed by atoms with Crippen LogP contribution in [0.1, 0.15) is 25.2 Å². The first-order chi connectivity index (χ1) is 13.8. The Morgan fingerprint density at radius 1 is 1.00 bits per heavy atom. The molecule has 8 heteroatoms. The van der Waals surface area contributed by atoms with Crippen LogP contribution in [0, 0.1) is 0 Å². The quantitative estimate of drug-likeness (QED) is 0.490. The van der Waals surface area contributed by atoms with Crippen LogP contribution in [0.25, 0.3) is 28.0 Å². The molecular formula is C20H18N8. The molecular weight excluding hydrogens is 352 g/mol. The highest BCUT2D eigenvalue weighted by Crippen LogP contribution is 2.29. The van der Waals surface area contributed by atoms with Crippen LogP contribution >= 0.6 is 0 Å². The zero-order chi connectivity index (χ0) is 18.9. The van der Waals surface area contributed by atoms with E-state index in [1.54, 1.807) is 12.5 Å². The molecule has 4 heterocycles. The van der Waals surface area contributed by atoms with Gasteiger partial charge in [0.2, 0.25) is 0 Å². The van der Waals surface area contributed by atoms with Gasteiger partial charge in [-0.3, -0.25) is 4.57 Å². The molecule has 0 bridgehead atoms. The summed E-state index contributed by atoms with van der Waals surface area (Å²) in [6, 6.07) is 14.1. The minimum absolute atomic E-state index is 0.0733. The lowest BCUT2D eigenvalue weighted by molar-refractivity contribution is 0.680. The number of benzene rings is 1. The van der Waals surface area contributed by atoms with E-state index in [9.17, 15) is 0 Å². The number of anilines is 1. The number of aromatic nitrogens is 7. The standard InChI is InChI=1S/C20H18N8/c1-2-14(26-19-16-18(23-11-22-16)24-12-25-19)20-27-17-15(9-6-10-21-17)28(20)13-7-4-3-5-8-13/h3-12,14H,2H2,1H3,(H2,22,23,24,25,26). The first kappa shape index (κ1) is 16.4. The smallest absolute Gasteiger partial charge is 0.182 e. The van der Waals surface area contributed by atoms with Crippen molar-refractivity contribution in [2.24, 2.45) is 0 Å². The highest BCUT2D eigenvalue weighted by molar-refractivity contribution is 5.82. The van der Waals surface area contributed by atoms with Gasteiger partial charge >= 0.3 is 0 Å². The maximum Gasteiger partial charge on any atom is 0.182 e. The van der Waals surface area contributed by atoms with Gasteiger partial charge in [-0.2, -0.15) is 0 Å². The molecule has 138 valence electrons. The van der Waals surface area contributed by atoms with E-state index in [-0.39, 0.29) is 6.04 Å². The molecule has 28 heavy (non-hydrogen) atoms. The van der Waals surface area contributed by atoms with Gasteiger partial charge in [0, 0.05) is 11.9 Å². The molecule has 5 rings (SSSR count). The number of aromatic amines is 1. The third-order valence-electron chi connectivity index (χ3n) is 4.72. The molecule has 5 aromatic rings. The van der Waals surface area contributed by atoms with Crippen molar-refractivity contribution < 1.29 is 0 Å². The van der Waals surface area contributed by atoms with Gasteiger partial charge in [-0.15, -0.1) is 0 Å². The van der Waals surface area contributed by atoms with Gasteiger partial charge in [-0.05, 0) is 30.7 Å². The van der Waals surface area contributed by atoms with Gasteiger partial charge in [0.25, 0.3) is 0 Å². The Kier molecular flexibility index (Phi) is 3.93. The number of nitrogens with one attached hydrogen (secondary N) is 2. The van der Waals surface area contributed by atoms with Crippen molar-refractivity contribution in [2.45, 2.75) is 19.4 Å². The largest absolute Gasteiger partial charge is 0.358 e. The average molecular weight is 370 g/mol. The van der Waals surface area contributed by atoms with Crippen LogP contribution in [0.2, 0.25) is 0 Å². The fourth-order valence-corrected chi connectivity index (χ4v) is 3.40. The lowest BCUT2D eigenvalue weighted by atomic mass is 10.2. The van der Waals surface area contributed by atoms with Crippen molar-refractivity contribution >= 4 is 28.1 Å². The molecule has 0 aliphatic carbocycles. The predicted octanol–water partition coefficient (Wildman–Crippen LogP) is 3.65. The minimum atomic E-state index is -0.0733. The minimum Gasteiger partial charge on any atom is -0.358 e. The molecule has 1 unspecified atom stereocenters. The molecule has 0 aliphatic heterocycles. The second-order valence-electron chi connectivity index (χ2n) is 6.42. The van der Waals surface area contributed by atoms with Crippen LogP contribution < -0.4 is 5.32 Å². The number of pyridine rings is 1. The second-order valence-corrected chi connectivity index (χ2v) is 6.42. The van der Waals surface area contributed by atoms with Crippen LogP contribution in [0.5, 0.6) is 0 Å². The predicted molar refractivity (Wildman–Crippen MR) is 107 cm³/mol. The van der Waals surface area contributed by atoms with Gasteiger partial charge in [0.15, 0.2) is 17.1 Å². The number of rotatable bonds is 5. The maximum atomic E-state index is 4.84. The number of nitrogens with zero attached hydrogens (tertiary/aromatic N) is 6. The van der Waals surface area contributed by atoms with Gasteiger partial charge in [0.1, 0.15) is 17.7 Å². The molecule has 1 aromatic carbocycles. The zero-order valence-electron chi connectivity index (χ0n) is 15.2. The molecule has 0 radical (unpaired) electrons. The highest BCUT2D eigenvalue weighted by Gasteiger charge is 2.22. The molecule has 1 atom stereocenters. The van der Waals surface area contributed by atoms with Crippen molar-refractivity contribution in [3.63, 3.8) is 0 Å². The first-order valence-electron chi connectivity index (χ1n) is 9.14. The maximum absolute atomic E-state index is 4.84. The fraction of sp³-hybridized carbons (Fsp3) is 0.150. The average Bonchev–Trinajstić information content (AvgIpc) is 3.37. The lowest BCUT2D eigenvalue weighted by Gasteiger charge is -2.19. The van der Waals surface area contributed by atoms with E-state index in [0.717, 1.165) is 34.6 Å². The van der Waals surface area contributed by atoms with Crippen LogP contribution in [0.15, 0.2) is 61.3 Å². The van der Waals surface area contributed by atoms with Crippen molar-refractivity contribution in [3.8, 4) is 5.69 Å². The van der Waals surface area contributed by atoms with Crippen LogP contribution in [-0.2, 0) is 0 Å². The normalized spacial score (nSPS) is 12.5. The summed E-state index contributed by atoms with van der Waals surface area (Å²) in [6.07, 6.45) is 5.71. The SMILES string of the molecule is CCC(Nc1ncnc2nc[nH]c12)c1nc2ncccc2n1-c1ccccc1. The topological polar surface area (TPSA) is 97.2 Å². The van der Waals surface area contributed by atoms with E-state index >= 15 is 0 Å². The van der Waals surface area contributed by atoms with E-state index < -0.39 is 0 Å². The Balaban J connectivity index is 1.66. The summed E-state index contributed by atoms with van der Waals surface area (Å²) in [5, 5.41) is 3.51. The van der Waals surface area contributed by atoms with Crippen molar-refractivity contribution in [3.05, 3.63) is 67.1 Å². The van der Waals surface area contributed by atoms with Crippen LogP contribution in [0.3, 0.4) is 0 Å². The monoisotopic (exact) mass is 370 g/mol.